The summed E-state index contributed by atoms with van der Waals surface area (Å²) in [5.41, 5.74) is 0.974. The number of hydrogen-bond donors (Lipinski definition) is 1. The van der Waals surface area contributed by atoms with Crippen LogP contribution in [0.4, 0.5) is 19.0 Å². The Balaban J connectivity index is 1.36. The Morgan fingerprint density at radius 1 is 0.946 bits per heavy atom. The van der Waals surface area contributed by atoms with Gasteiger partial charge in [-0.05, 0) is 29.8 Å². The predicted octanol–water partition coefficient (Wildman–Crippen LogP) is 5.56. The first kappa shape index (κ1) is 25.6. The molecule has 1 N–H and O–H groups in total. The molecule has 2 aliphatic heterocycles. The molecule has 1 saturated heterocycles. The number of alkyl halides is 3. The highest BCUT2D eigenvalue weighted by atomic mass is 79.9. The monoisotopic (exact) mass is 595 g/mol. The van der Waals surface area contributed by atoms with E-state index in [0.29, 0.717) is 24.2 Å². The van der Waals surface area contributed by atoms with Crippen LogP contribution >= 0.6 is 27.5 Å². The number of piperazine rings is 1. The smallest absolute Gasteiger partial charge is 0.362 e. The first-order valence-corrected chi connectivity index (χ1v) is 12.8. The molecule has 0 saturated carbocycles. The van der Waals surface area contributed by atoms with Gasteiger partial charge in [0.2, 0.25) is 0 Å². The molecule has 194 valence electrons. The van der Waals surface area contributed by atoms with E-state index >= 15 is 0 Å². The summed E-state index contributed by atoms with van der Waals surface area (Å²) in [5, 5.41) is 6.94. The molecule has 3 aromatic rings. The average Bonchev–Trinajstić information content (AvgIpc) is 3.24. The van der Waals surface area contributed by atoms with Gasteiger partial charge in [-0.15, -0.1) is 0 Å². The number of halogens is 5. The van der Waals surface area contributed by atoms with Crippen molar-refractivity contribution in [3.05, 3.63) is 80.9 Å². The summed E-state index contributed by atoms with van der Waals surface area (Å²) in [7, 11) is 0. The molecule has 2 aliphatic rings. The number of amides is 2. The second-order valence-electron chi connectivity index (χ2n) is 8.95. The minimum Gasteiger partial charge on any atom is -0.362 e. The van der Waals surface area contributed by atoms with Crippen molar-refractivity contribution in [1.82, 2.24) is 19.6 Å². The zero-order chi connectivity index (χ0) is 26.3. The second-order valence-corrected chi connectivity index (χ2v) is 10.2. The van der Waals surface area contributed by atoms with Gasteiger partial charge in [0.1, 0.15) is 10.8 Å². The maximum absolute atomic E-state index is 14.1. The lowest BCUT2D eigenvalue weighted by atomic mass is 9.97. The molecule has 2 atom stereocenters. The molecule has 3 heterocycles. The van der Waals surface area contributed by atoms with Crippen molar-refractivity contribution in [1.29, 1.82) is 0 Å². The number of fused-ring (bicyclic) bond motifs is 1. The summed E-state index contributed by atoms with van der Waals surface area (Å²) >= 11 is 9.81. The number of carbonyl (C=O) groups is 2. The van der Waals surface area contributed by atoms with Crippen LogP contribution in [0.2, 0.25) is 5.02 Å². The van der Waals surface area contributed by atoms with Gasteiger partial charge in [-0.3, -0.25) is 9.59 Å². The van der Waals surface area contributed by atoms with E-state index in [4.69, 9.17) is 11.6 Å². The van der Waals surface area contributed by atoms with E-state index in [1.165, 1.54) is 4.90 Å². The summed E-state index contributed by atoms with van der Waals surface area (Å²) in [4.78, 5) is 29.1. The number of hydrogen-bond acceptors (Lipinski definition) is 4. The number of benzene rings is 2. The fourth-order valence-electron chi connectivity index (χ4n) is 4.67. The quantitative estimate of drug-likeness (QED) is 0.430. The Labute approximate surface area is 224 Å². The predicted molar refractivity (Wildman–Crippen MR) is 136 cm³/mol. The lowest BCUT2D eigenvalue weighted by Crippen LogP contribution is -2.50. The van der Waals surface area contributed by atoms with Crippen molar-refractivity contribution >= 4 is 45.2 Å². The number of nitrogens with zero attached hydrogens (tertiary/aromatic N) is 4. The Kier molecular flexibility index (Phi) is 6.93. The SMILES string of the molecule is O=C(c1ccccc1)N1CCN(C(=O)c2nn3c(c2Cl)NC(c2ccc(Br)cc2)CC3C(F)(F)F)CC1. The van der Waals surface area contributed by atoms with Crippen molar-refractivity contribution < 1.29 is 22.8 Å². The minimum atomic E-state index is -4.59. The molecular weight excluding hydrogens is 575 g/mol. The third-order valence-electron chi connectivity index (χ3n) is 6.65. The lowest BCUT2D eigenvalue weighted by Gasteiger charge is -2.34. The summed E-state index contributed by atoms with van der Waals surface area (Å²) in [6.07, 6.45) is -4.90. The topological polar surface area (TPSA) is 70.5 Å². The van der Waals surface area contributed by atoms with Crippen LogP contribution in [-0.2, 0) is 0 Å². The van der Waals surface area contributed by atoms with Crippen LogP contribution < -0.4 is 5.32 Å². The average molecular weight is 597 g/mol. The number of rotatable bonds is 3. The lowest BCUT2D eigenvalue weighted by molar-refractivity contribution is -0.173. The fourth-order valence-corrected chi connectivity index (χ4v) is 5.19. The standard InChI is InChI=1S/C25H22BrClF3N5O2/c26-17-8-6-15(7-9-17)18-14-19(25(28,29)30)35-22(31-18)20(27)21(32-35)24(37)34-12-10-33(11-13-34)23(36)16-4-2-1-3-5-16/h1-9,18-19,31H,10-14H2. The number of nitrogens with one attached hydrogen (secondary N) is 1. The molecule has 12 heteroatoms. The number of aromatic nitrogens is 2. The maximum atomic E-state index is 14.1. The highest BCUT2D eigenvalue weighted by Crippen LogP contribution is 2.46. The van der Waals surface area contributed by atoms with Gasteiger partial charge in [0, 0.05) is 42.6 Å². The number of anilines is 1. The van der Waals surface area contributed by atoms with Crippen LogP contribution in [0.15, 0.2) is 59.1 Å². The third kappa shape index (κ3) is 5.06. The van der Waals surface area contributed by atoms with Crippen molar-refractivity contribution in [2.75, 3.05) is 31.5 Å². The van der Waals surface area contributed by atoms with Gasteiger partial charge in [0.05, 0.1) is 6.04 Å². The van der Waals surface area contributed by atoms with Crippen LogP contribution in [0.5, 0.6) is 0 Å². The van der Waals surface area contributed by atoms with Crippen LogP contribution in [0.3, 0.4) is 0 Å². The van der Waals surface area contributed by atoms with E-state index in [-0.39, 0.29) is 42.0 Å². The van der Waals surface area contributed by atoms with Gasteiger partial charge in [-0.1, -0.05) is 57.9 Å². The molecule has 0 bridgehead atoms. The van der Waals surface area contributed by atoms with Crippen LogP contribution in [-0.4, -0.2) is 63.7 Å². The van der Waals surface area contributed by atoms with Gasteiger partial charge in [-0.25, -0.2) is 4.68 Å². The molecule has 37 heavy (non-hydrogen) atoms. The van der Waals surface area contributed by atoms with E-state index in [1.807, 2.05) is 6.07 Å². The molecule has 0 aliphatic carbocycles. The van der Waals surface area contributed by atoms with Crippen molar-refractivity contribution in [3.8, 4) is 0 Å². The van der Waals surface area contributed by atoms with Gasteiger partial charge in [0.25, 0.3) is 11.8 Å². The van der Waals surface area contributed by atoms with E-state index in [2.05, 4.69) is 26.3 Å². The molecule has 2 aromatic carbocycles. The summed E-state index contributed by atoms with van der Waals surface area (Å²) < 4.78 is 43.8. The van der Waals surface area contributed by atoms with Crippen LogP contribution in [0, 0.1) is 0 Å². The van der Waals surface area contributed by atoms with Gasteiger partial charge in [-0.2, -0.15) is 18.3 Å². The zero-order valence-electron chi connectivity index (χ0n) is 19.4. The van der Waals surface area contributed by atoms with E-state index in [0.717, 1.165) is 9.15 Å². The molecule has 1 aromatic heterocycles. The minimum absolute atomic E-state index is 0.0376. The van der Waals surface area contributed by atoms with E-state index in [1.54, 1.807) is 53.4 Å². The second kappa shape index (κ2) is 10.0. The molecule has 2 unspecified atom stereocenters. The molecule has 5 rings (SSSR count). The zero-order valence-corrected chi connectivity index (χ0v) is 21.7. The Morgan fingerprint density at radius 3 is 2.14 bits per heavy atom. The van der Waals surface area contributed by atoms with Crippen molar-refractivity contribution in [2.45, 2.75) is 24.7 Å². The highest BCUT2D eigenvalue weighted by Gasteiger charge is 2.48. The van der Waals surface area contributed by atoms with Crippen molar-refractivity contribution in [3.63, 3.8) is 0 Å². The fraction of sp³-hybridized carbons (Fsp3) is 0.320. The molecule has 0 spiro atoms. The maximum Gasteiger partial charge on any atom is 0.410 e. The van der Waals surface area contributed by atoms with Crippen molar-refractivity contribution in [2.24, 2.45) is 0 Å². The number of carbonyl (C=O) groups excluding carboxylic acids is 2. The van der Waals surface area contributed by atoms with E-state index < -0.39 is 24.2 Å². The highest BCUT2D eigenvalue weighted by molar-refractivity contribution is 9.10. The van der Waals surface area contributed by atoms with Gasteiger partial charge >= 0.3 is 6.18 Å². The summed E-state index contributed by atoms with van der Waals surface area (Å²) in [6, 6.07) is 13.2. The van der Waals surface area contributed by atoms with Gasteiger partial charge < -0.3 is 15.1 Å². The third-order valence-corrected chi connectivity index (χ3v) is 7.53. The first-order valence-electron chi connectivity index (χ1n) is 11.6. The first-order chi connectivity index (χ1) is 17.6. The van der Waals surface area contributed by atoms with Crippen LogP contribution in [0.1, 0.15) is 44.9 Å². The Morgan fingerprint density at radius 2 is 1.54 bits per heavy atom. The summed E-state index contributed by atoms with van der Waals surface area (Å²) in [5.74, 6) is -0.745. The Bertz CT molecular complexity index is 1310. The summed E-state index contributed by atoms with van der Waals surface area (Å²) in [6.45, 7) is 1.01. The van der Waals surface area contributed by atoms with E-state index in [9.17, 15) is 22.8 Å². The molecule has 7 nitrogen and oxygen atoms in total. The molecule has 1 fully saturated rings. The Hall–Kier alpha value is -3.05. The van der Waals surface area contributed by atoms with Crippen LogP contribution in [0.25, 0.3) is 0 Å². The molecule has 2 amide bonds. The van der Waals surface area contributed by atoms with Gasteiger partial charge in [0.15, 0.2) is 11.7 Å². The largest absolute Gasteiger partial charge is 0.410 e. The molecular formula is C25H22BrClF3N5O2. The molecule has 0 radical (unpaired) electrons. The normalized spacial score (nSPS) is 19.8.